The molecule has 0 saturated heterocycles. The molecule has 0 aliphatic carbocycles. The second-order valence-electron chi connectivity index (χ2n) is 5.25. The molecule has 0 heterocycles. The van der Waals surface area contributed by atoms with Crippen molar-refractivity contribution >= 4 is 27.5 Å². The van der Waals surface area contributed by atoms with E-state index >= 15 is 0 Å². The third kappa shape index (κ3) is 3.25. The Hall–Kier alpha value is -1.03. The van der Waals surface area contributed by atoms with E-state index in [1.807, 2.05) is 64.2 Å². The molecule has 0 N–H and O–H groups in total. The summed E-state index contributed by atoms with van der Waals surface area (Å²) in [6.45, 7) is 4.07. The summed E-state index contributed by atoms with van der Waals surface area (Å²) in [5.41, 5.74) is 1.61. The van der Waals surface area contributed by atoms with Crippen molar-refractivity contribution < 1.29 is 4.79 Å². The number of nitrogens with zero attached hydrogens (tertiary/aromatic N) is 2. The summed E-state index contributed by atoms with van der Waals surface area (Å²) >= 11 is 3.44. The average molecular weight is 313 g/mol. The van der Waals surface area contributed by atoms with E-state index in [-0.39, 0.29) is 11.4 Å². The maximum absolute atomic E-state index is 12.3. The van der Waals surface area contributed by atoms with Crippen LogP contribution in [0.5, 0.6) is 0 Å². The molecule has 0 aliphatic heterocycles. The number of carbonyl (C=O) groups is 1. The molecule has 4 heteroatoms. The molecule has 100 valence electrons. The summed E-state index contributed by atoms with van der Waals surface area (Å²) in [5.74, 6) is 0.0461. The summed E-state index contributed by atoms with van der Waals surface area (Å²) in [6.07, 6.45) is 0. The normalized spacial score (nSPS) is 11.2. The van der Waals surface area contributed by atoms with Gasteiger partial charge in [0.25, 0.3) is 5.91 Å². The van der Waals surface area contributed by atoms with Gasteiger partial charge in [0.15, 0.2) is 0 Å². The highest BCUT2D eigenvalue weighted by Gasteiger charge is 2.27. The van der Waals surface area contributed by atoms with Crippen molar-refractivity contribution in [3.63, 3.8) is 0 Å². The van der Waals surface area contributed by atoms with Crippen LogP contribution in [0.3, 0.4) is 0 Å². The molecule has 0 unspecified atom stereocenters. The van der Waals surface area contributed by atoms with E-state index < -0.39 is 0 Å². The van der Waals surface area contributed by atoms with Gasteiger partial charge in [0, 0.05) is 43.3 Å². The van der Waals surface area contributed by atoms with Crippen molar-refractivity contribution in [3.8, 4) is 0 Å². The van der Waals surface area contributed by atoms with Crippen molar-refractivity contribution in [2.45, 2.75) is 19.4 Å². The van der Waals surface area contributed by atoms with Gasteiger partial charge in [0.1, 0.15) is 0 Å². The molecule has 1 amide bonds. The minimum absolute atomic E-state index is 0.0461. The molecule has 0 atom stereocenters. The fourth-order valence-electron chi connectivity index (χ4n) is 1.46. The number of hydrogen-bond acceptors (Lipinski definition) is 2. The summed E-state index contributed by atoms with van der Waals surface area (Å²) in [7, 11) is 5.80. The number of alkyl halides is 1. The van der Waals surface area contributed by atoms with Crippen LogP contribution in [0, 0.1) is 0 Å². The van der Waals surface area contributed by atoms with Crippen LogP contribution in [0.2, 0.25) is 0 Å². The first-order valence-electron chi connectivity index (χ1n) is 5.91. The lowest BCUT2D eigenvalue weighted by atomic mass is 10.0. The maximum Gasteiger partial charge on any atom is 0.254 e. The van der Waals surface area contributed by atoms with E-state index in [1.165, 1.54) is 0 Å². The molecule has 0 saturated carbocycles. The fourth-order valence-corrected chi connectivity index (χ4v) is 1.84. The van der Waals surface area contributed by atoms with Gasteiger partial charge in [0.05, 0.1) is 0 Å². The number of carbonyl (C=O) groups excluding carboxylic acids is 1. The highest BCUT2D eigenvalue weighted by molar-refractivity contribution is 9.09. The Balaban J connectivity index is 2.91. The molecule has 1 aromatic rings. The Morgan fingerprint density at radius 1 is 1.17 bits per heavy atom. The number of amides is 1. The van der Waals surface area contributed by atoms with Crippen molar-refractivity contribution in [2.24, 2.45) is 0 Å². The monoisotopic (exact) mass is 312 g/mol. The zero-order valence-corrected chi connectivity index (χ0v) is 13.3. The lowest BCUT2D eigenvalue weighted by Crippen LogP contribution is -2.46. The topological polar surface area (TPSA) is 23.6 Å². The van der Waals surface area contributed by atoms with Gasteiger partial charge in [-0.3, -0.25) is 4.79 Å². The molecule has 0 aromatic heterocycles. The predicted molar refractivity (Wildman–Crippen MR) is 80.7 cm³/mol. The molecule has 0 radical (unpaired) electrons. The quantitative estimate of drug-likeness (QED) is 0.798. The molecule has 3 nitrogen and oxygen atoms in total. The highest BCUT2D eigenvalue weighted by Crippen LogP contribution is 2.19. The molecule has 0 bridgehead atoms. The van der Waals surface area contributed by atoms with E-state index in [1.54, 1.807) is 4.90 Å². The summed E-state index contributed by atoms with van der Waals surface area (Å²) in [6, 6.07) is 7.67. The number of anilines is 1. The van der Waals surface area contributed by atoms with Crippen molar-refractivity contribution in [3.05, 3.63) is 29.8 Å². The maximum atomic E-state index is 12.3. The SMILES string of the molecule is CN(C)c1ccc(C(=O)N(C)C(C)(C)CBr)cc1. The van der Waals surface area contributed by atoms with Crippen molar-refractivity contribution in [1.82, 2.24) is 4.90 Å². The first-order chi connectivity index (χ1) is 8.29. The molecule has 0 fully saturated rings. The standard InChI is InChI=1S/C14H21BrN2O/c1-14(2,10-15)17(5)13(18)11-6-8-12(9-7-11)16(3)4/h6-9H,10H2,1-5H3. The fraction of sp³-hybridized carbons (Fsp3) is 0.500. The first-order valence-corrected chi connectivity index (χ1v) is 7.03. The Morgan fingerprint density at radius 3 is 2.06 bits per heavy atom. The minimum atomic E-state index is -0.197. The Morgan fingerprint density at radius 2 is 1.67 bits per heavy atom. The van der Waals surface area contributed by atoms with Crippen LogP contribution >= 0.6 is 15.9 Å². The Labute approximate surface area is 118 Å². The van der Waals surface area contributed by atoms with E-state index in [4.69, 9.17) is 0 Å². The predicted octanol–water partition coefficient (Wildman–Crippen LogP) is 3.00. The lowest BCUT2D eigenvalue weighted by molar-refractivity contribution is 0.0663. The number of benzene rings is 1. The van der Waals surface area contributed by atoms with Gasteiger partial charge in [-0.05, 0) is 38.1 Å². The van der Waals surface area contributed by atoms with Gasteiger partial charge in [-0.2, -0.15) is 0 Å². The van der Waals surface area contributed by atoms with Gasteiger partial charge in [-0.15, -0.1) is 0 Å². The van der Waals surface area contributed by atoms with Gasteiger partial charge in [-0.25, -0.2) is 0 Å². The molecule has 1 aromatic carbocycles. The van der Waals surface area contributed by atoms with E-state index in [9.17, 15) is 4.79 Å². The highest BCUT2D eigenvalue weighted by atomic mass is 79.9. The largest absolute Gasteiger partial charge is 0.378 e. The molecule has 1 rings (SSSR count). The van der Waals surface area contributed by atoms with Crippen molar-refractivity contribution in [2.75, 3.05) is 31.4 Å². The molecular formula is C14H21BrN2O. The van der Waals surface area contributed by atoms with Gasteiger partial charge >= 0.3 is 0 Å². The number of hydrogen-bond donors (Lipinski definition) is 0. The zero-order chi connectivity index (χ0) is 13.9. The first kappa shape index (κ1) is 15.0. The molecule has 0 aliphatic rings. The second-order valence-corrected chi connectivity index (χ2v) is 5.81. The van der Waals surface area contributed by atoms with Crippen LogP contribution in [-0.2, 0) is 0 Å². The van der Waals surface area contributed by atoms with E-state index in [0.717, 1.165) is 16.6 Å². The van der Waals surface area contributed by atoms with Crippen LogP contribution in [-0.4, -0.2) is 42.8 Å². The average Bonchev–Trinajstić information content (AvgIpc) is 2.37. The van der Waals surface area contributed by atoms with Crippen LogP contribution in [0.25, 0.3) is 0 Å². The van der Waals surface area contributed by atoms with Crippen LogP contribution < -0.4 is 4.90 Å². The molecular weight excluding hydrogens is 292 g/mol. The van der Waals surface area contributed by atoms with E-state index in [2.05, 4.69) is 15.9 Å². The lowest BCUT2D eigenvalue weighted by Gasteiger charge is -2.34. The number of rotatable bonds is 4. The molecule has 0 spiro atoms. The molecule has 18 heavy (non-hydrogen) atoms. The minimum Gasteiger partial charge on any atom is -0.378 e. The van der Waals surface area contributed by atoms with E-state index in [0.29, 0.717) is 0 Å². The summed E-state index contributed by atoms with van der Waals surface area (Å²) in [4.78, 5) is 16.1. The smallest absolute Gasteiger partial charge is 0.254 e. The Kier molecular flexibility index (Phi) is 4.79. The van der Waals surface area contributed by atoms with Crippen LogP contribution in [0.15, 0.2) is 24.3 Å². The summed E-state index contributed by atoms with van der Waals surface area (Å²) in [5, 5.41) is 0.748. The number of halogens is 1. The summed E-state index contributed by atoms with van der Waals surface area (Å²) < 4.78 is 0. The van der Waals surface area contributed by atoms with Crippen molar-refractivity contribution in [1.29, 1.82) is 0 Å². The van der Waals surface area contributed by atoms with Crippen LogP contribution in [0.4, 0.5) is 5.69 Å². The van der Waals surface area contributed by atoms with Gasteiger partial charge < -0.3 is 9.80 Å². The third-order valence-electron chi connectivity index (χ3n) is 3.17. The van der Waals surface area contributed by atoms with Gasteiger partial charge in [-0.1, -0.05) is 15.9 Å². The zero-order valence-electron chi connectivity index (χ0n) is 11.7. The third-order valence-corrected chi connectivity index (χ3v) is 4.54. The Bertz CT molecular complexity index is 412. The van der Waals surface area contributed by atoms with Gasteiger partial charge in [0.2, 0.25) is 0 Å². The van der Waals surface area contributed by atoms with Crippen LogP contribution in [0.1, 0.15) is 24.2 Å². The second kappa shape index (κ2) is 5.74.